The smallest absolute Gasteiger partial charge is 0.325 e. The first-order valence-corrected chi connectivity index (χ1v) is 6.39. The average molecular weight is 269 g/mol. The summed E-state index contributed by atoms with van der Waals surface area (Å²) in [5, 5.41) is 15.0. The van der Waals surface area contributed by atoms with Crippen LogP contribution in [0.3, 0.4) is 0 Å². The third kappa shape index (κ3) is 3.05. The maximum absolute atomic E-state index is 11.9. The highest BCUT2D eigenvalue weighted by atomic mass is 16.5. The molecule has 2 aliphatic rings. The number of nitrogens with one attached hydrogen (secondary N) is 2. The number of nitrogens with zero attached hydrogens (tertiary/aromatic N) is 1. The van der Waals surface area contributed by atoms with Gasteiger partial charge < -0.3 is 20.5 Å². The van der Waals surface area contributed by atoms with Crippen LogP contribution in [0.4, 0.5) is 4.79 Å². The fraction of sp³-hybridized carbons (Fsp3) is 0.667. The third-order valence-electron chi connectivity index (χ3n) is 3.23. The monoisotopic (exact) mass is 269 g/mol. The highest BCUT2D eigenvalue weighted by molar-refractivity contribution is 5.79. The first kappa shape index (κ1) is 13.8. The summed E-state index contributed by atoms with van der Waals surface area (Å²) in [6.07, 6.45) is 2.58. The Morgan fingerprint density at radius 3 is 2.95 bits per heavy atom. The summed E-state index contributed by atoms with van der Waals surface area (Å²) in [5.41, 5.74) is 0. The van der Waals surface area contributed by atoms with E-state index in [-0.39, 0.29) is 18.0 Å². The van der Waals surface area contributed by atoms with Crippen molar-refractivity contribution in [1.29, 1.82) is 0 Å². The predicted molar refractivity (Wildman–Crippen MR) is 66.7 cm³/mol. The Balaban J connectivity index is 1.99. The molecule has 0 aromatic heterocycles. The number of hydrogen-bond acceptors (Lipinski definition) is 4. The first-order chi connectivity index (χ1) is 9.01. The number of rotatable bonds is 3. The summed E-state index contributed by atoms with van der Waals surface area (Å²) in [6, 6.07) is -0.352. The van der Waals surface area contributed by atoms with Crippen molar-refractivity contribution in [3.8, 4) is 0 Å². The van der Waals surface area contributed by atoms with Gasteiger partial charge in [-0.15, -0.1) is 0 Å². The van der Waals surface area contributed by atoms with Crippen molar-refractivity contribution in [2.45, 2.75) is 51.3 Å². The summed E-state index contributed by atoms with van der Waals surface area (Å²) in [5.74, 6) is -0.220. The normalized spacial score (nSPS) is 34.3. The van der Waals surface area contributed by atoms with Gasteiger partial charge in [-0.3, -0.25) is 9.69 Å². The molecule has 2 aliphatic heterocycles. The van der Waals surface area contributed by atoms with E-state index in [0.29, 0.717) is 12.8 Å². The van der Waals surface area contributed by atoms with Gasteiger partial charge in [0.25, 0.3) is 0 Å². The van der Waals surface area contributed by atoms with Crippen molar-refractivity contribution < 1.29 is 19.4 Å². The highest BCUT2D eigenvalue weighted by Gasteiger charge is 2.38. The number of aliphatic hydroxyl groups is 1. The van der Waals surface area contributed by atoms with Gasteiger partial charge in [0, 0.05) is 19.5 Å². The van der Waals surface area contributed by atoms with Crippen molar-refractivity contribution in [3.05, 3.63) is 12.3 Å². The van der Waals surface area contributed by atoms with E-state index in [2.05, 4.69) is 10.6 Å². The molecule has 0 aliphatic carbocycles. The molecule has 19 heavy (non-hydrogen) atoms. The van der Waals surface area contributed by atoms with Crippen LogP contribution in [0, 0.1) is 0 Å². The molecule has 1 saturated heterocycles. The number of urea groups is 1. The van der Waals surface area contributed by atoms with Crippen molar-refractivity contribution in [2.24, 2.45) is 0 Å². The van der Waals surface area contributed by atoms with Crippen LogP contribution < -0.4 is 10.6 Å². The van der Waals surface area contributed by atoms with Gasteiger partial charge in [0.2, 0.25) is 5.91 Å². The average Bonchev–Trinajstić information content (AvgIpc) is 2.69. The topological polar surface area (TPSA) is 90.9 Å². The van der Waals surface area contributed by atoms with Crippen LogP contribution in [0.15, 0.2) is 12.3 Å². The Morgan fingerprint density at radius 1 is 1.68 bits per heavy atom. The molecule has 0 radical (unpaired) electrons. The fourth-order valence-electron chi connectivity index (χ4n) is 2.29. The quantitative estimate of drug-likeness (QED) is 0.666. The molecule has 0 aromatic carbocycles. The summed E-state index contributed by atoms with van der Waals surface area (Å²) < 4.78 is 5.63. The largest absolute Gasteiger partial charge is 0.390 e. The molecule has 4 atom stereocenters. The Morgan fingerprint density at radius 2 is 2.42 bits per heavy atom. The molecule has 0 saturated carbocycles. The Kier molecular flexibility index (Phi) is 4.06. The van der Waals surface area contributed by atoms with Gasteiger partial charge in [-0.2, -0.15) is 0 Å². The molecule has 106 valence electrons. The molecule has 1 fully saturated rings. The first-order valence-electron chi connectivity index (χ1n) is 6.39. The zero-order chi connectivity index (χ0) is 14.0. The number of amides is 3. The van der Waals surface area contributed by atoms with E-state index in [9.17, 15) is 14.7 Å². The SMILES string of the molecule is CC[C@H]1O[C@@H](N2C=CC(NC(C)=O)NC2=O)C[C@H]1O. The molecule has 2 rings (SSSR count). The Hall–Kier alpha value is -1.60. The zero-order valence-electron chi connectivity index (χ0n) is 11.0. The van der Waals surface area contributed by atoms with Crippen LogP contribution in [0.25, 0.3) is 0 Å². The van der Waals surface area contributed by atoms with Crippen molar-refractivity contribution >= 4 is 11.9 Å². The lowest BCUT2D eigenvalue weighted by Gasteiger charge is -2.31. The maximum atomic E-state index is 11.9. The van der Waals surface area contributed by atoms with Crippen molar-refractivity contribution in [2.75, 3.05) is 0 Å². The van der Waals surface area contributed by atoms with Gasteiger partial charge in [-0.1, -0.05) is 6.92 Å². The van der Waals surface area contributed by atoms with Crippen molar-refractivity contribution in [3.63, 3.8) is 0 Å². The molecule has 7 heteroatoms. The summed E-state index contributed by atoms with van der Waals surface area (Å²) >= 11 is 0. The van der Waals surface area contributed by atoms with Crippen LogP contribution in [0.2, 0.25) is 0 Å². The highest BCUT2D eigenvalue weighted by Crippen LogP contribution is 2.26. The van der Waals surface area contributed by atoms with E-state index in [0.717, 1.165) is 0 Å². The lowest BCUT2D eigenvalue weighted by atomic mass is 10.1. The van der Waals surface area contributed by atoms with Gasteiger partial charge in [-0.05, 0) is 12.5 Å². The minimum absolute atomic E-state index is 0.220. The number of ether oxygens (including phenoxy) is 1. The maximum Gasteiger partial charge on any atom is 0.325 e. The van der Waals surface area contributed by atoms with Crippen LogP contribution in [-0.4, -0.2) is 46.5 Å². The number of carbonyl (C=O) groups excluding carboxylic acids is 2. The summed E-state index contributed by atoms with van der Waals surface area (Å²) in [7, 11) is 0. The van der Waals surface area contributed by atoms with Gasteiger partial charge >= 0.3 is 6.03 Å². The molecule has 2 heterocycles. The van der Waals surface area contributed by atoms with Gasteiger partial charge in [0.05, 0.1) is 12.2 Å². The molecule has 7 nitrogen and oxygen atoms in total. The number of hydrogen-bond donors (Lipinski definition) is 3. The molecule has 0 bridgehead atoms. The summed E-state index contributed by atoms with van der Waals surface area (Å²) in [4.78, 5) is 24.2. The van der Waals surface area contributed by atoms with Gasteiger partial charge in [0.15, 0.2) is 0 Å². The standard InChI is InChI=1S/C12H19N3O4/c1-3-9-8(17)6-11(19-9)15-5-4-10(13-7(2)16)14-12(15)18/h4-5,8-11,17H,3,6H2,1-2H3,(H,13,16)(H,14,18)/t8-,9-,10?,11-/m1/s1. The molecule has 0 aromatic rings. The van der Waals surface area contributed by atoms with E-state index in [4.69, 9.17) is 4.74 Å². The van der Waals surface area contributed by atoms with Gasteiger partial charge in [-0.25, -0.2) is 4.79 Å². The number of aliphatic hydroxyl groups excluding tert-OH is 1. The molecule has 3 N–H and O–H groups in total. The second-order valence-corrected chi connectivity index (χ2v) is 4.72. The second kappa shape index (κ2) is 5.58. The molecule has 0 spiro atoms. The second-order valence-electron chi connectivity index (χ2n) is 4.72. The lowest BCUT2D eigenvalue weighted by Crippen LogP contribution is -2.55. The van der Waals surface area contributed by atoms with E-state index >= 15 is 0 Å². The Labute approximate surface area is 111 Å². The van der Waals surface area contributed by atoms with Crippen LogP contribution in [-0.2, 0) is 9.53 Å². The minimum atomic E-state index is -0.552. The molecular formula is C12H19N3O4. The Bertz CT molecular complexity index is 398. The van der Waals surface area contributed by atoms with Gasteiger partial charge in [0.1, 0.15) is 12.4 Å². The van der Waals surface area contributed by atoms with E-state index in [1.807, 2.05) is 6.92 Å². The molecule has 3 amide bonds. The van der Waals surface area contributed by atoms with Crippen molar-refractivity contribution in [1.82, 2.24) is 15.5 Å². The molecule has 1 unspecified atom stereocenters. The lowest BCUT2D eigenvalue weighted by molar-refractivity contribution is -0.119. The van der Waals surface area contributed by atoms with E-state index < -0.39 is 18.5 Å². The fourth-order valence-corrected chi connectivity index (χ4v) is 2.29. The predicted octanol–water partition coefficient (Wildman–Crippen LogP) is -0.127. The number of carbonyl (C=O) groups is 2. The van der Waals surface area contributed by atoms with E-state index in [1.54, 1.807) is 12.3 Å². The third-order valence-corrected chi connectivity index (χ3v) is 3.23. The zero-order valence-corrected chi connectivity index (χ0v) is 11.0. The minimum Gasteiger partial charge on any atom is -0.390 e. The molecular weight excluding hydrogens is 250 g/mol. The van der Waals surface area contributed by atoms with Crippen LogP contribution >= 0.6 is 0 Å². The summed E-state index contributed by atoms with van der Waals surface area (Å²) in [6.45, 7) is 3.31. The van der Waals surface area contributed by atoms with Crippen LogP contribution in [0.1, 0.15) is 26.7 Å². The van der Waals surface area contributed by atoms with E-state index in [1.165, 1.54) is 11.8 Å². The van der Waals surface area contributed by atoms with Crippen LogP contribution in [0.5, 0.6) is 0 Å².